The van der Waals surface area contributed by atoms with Crippen LogP contribution in [0.15, 0.2) is 54.7 Å². The lowest BCUT2D eigenvalue weighted by Gasteiger charge is -2.11. The molecule has 0 fully saturated rings. The number of nitrogens with zero attached hydrogens (tertiary/aromatic N) is 2. The van der Waals surface area contributed by atoms with Crippen LogP contribution in [0.2, 0.25) is 5.02 Å². The molecule has 0 aliphatic heterocycles. The predicted octanol–water partition coefficient (Wildman–Crippen LogP) is 4.22. The van der Waals surface area contributed by atoms with Gasteiger partial charge < -0.3 is 10.1 Å². The molecular formula is C20H20ClN3O2. The molecule has 0 radical (unpaired) electrons. The van der Waals surface area contributed by atoms with Gasteiger partial charge in [-0.3, -0.25) is 4.79 Å². The summed E-state index contributed by atoms with van der Waals surface area (Å²) in [5, 5.41) is 7.78. The van der Waals surface area contributed by atoms with Crippen molar-refractivity contribution in [1.29, 1.82) is 0 Å². The first kappa shape index (κ1) is 18.0. The second-order valence-corrected chi connectivity index (χ2v) is 6.54. The number of ether oxygens (including phenoxy) is 1. The molecule has 0 aliphatic carbocycles. The Bertz CT molecular complexity index is 904. The number of carbonyl (C=O) groups is 1. The monoisotopic (exact) mass is 369 g/mol. The third kappa shape index (κ3) is 4.64. The van der Waals surface area contributed by atoms with Crippen LogP contribution in [0.1, 0.15) is 16.7 Å². The van der Waals surface area contributed by atoms with E-state index in [1.807, 2.05) is 56.3 Å². The molecule has 3 rings (SSSR count). The minimum absolute atomic E-state index is 0.0595. The zero-order chi connectivity index (χ0) is 18.5. The standard InChI is InChI=1S/C20H20ClN3O2/c1-14-3-8-18(15(2)11-14)26-13-20(25)23-19-9-10-22-24(19)12-16-4-6-17(21)7-5-16/h3-11H,12-13H2,1-2H3,(H,23,25). The summed E-state index contributed by atoms with van der Waals surface area (Å²) in [6.45, 7) is 4.46. The van der Waals surface area contributed by atoms with Crippen molar-refractivity contribution < 1.29 is 9.53 Å². The van der Waals surface area contributed by atoms with Crippen LogP contribution in [-0.2, 0) is 11.3 Å². The smallest absolute Gasteiger partial charge is 0.263 e. The number of aryl methyl sites for hydroxylation is 2. The first-order valence-electron chi connectivity index (χ1n) is 8.27. The Kier molecular flexibility index (Phi) is 5.58. The van der Waals surface area contributed by atoms with Crippen LogP contribution in [0.5, 0.6) is 5.75 Å². The summed E-state index contributed by atoms with van der Waals surface area (Å²) >= 11 is 5.91. The van der Waals surface area contributed by atoms with Crippen LogP contribution in [-0.4, -0.2) is 22.3 Å². The molecular weight excluding hydrogens is 350 g/mol. The average molecular weight is 370 g/mol. The molecule has 3 aromatic rings. The van der Waals surface area contributed by atoms with Crippen LogP contribution in [0.25, 0.3) is 0 Å². The maximum atomic E-state index is 12.2. The van der Waals surface area contributed by atoms with Crippen LogP contribution < -0.4 is 10.1 Å². The molecule has 0 unspecified atom stereocenters. The molecule has 1 amide bonds. The lowest BCUT2D eigenvalue weighted by Crippen LogP contribution is -2.22. The molecule has 0 aliphatic rings. The number of benzene rings is 2. The highest BCUT2D eigenvalue weighted by atomic mass is 35.5. The van der Waals surface area contributed by atoms with Crippen molar-refractivity contribution in [3.8, 4) is 5.75 Å². The van der Waals surface area contributed by atoms with Crippen molar-refractivity contribution in [2.75, 3.05) is 11.9 Å². The van der Waals surface area contributed by atoms with E-state index in [4.69, 9.17) is 16.3 Å². The minimum Gasteiger partial charge on any atom is -0.483 e. The normalized spacial score (nSPS) is 10.6. The quantitative estimate of drug-likeness (QED) is 0.707. The molecule has 6 heteroatoms. The maximum Gasteiger partial charge on any atom is 0.263 e. The first-order chi connectivity index (χ1) is 12.5. The molecule has 0 saturated heterocycles. The van der Waals surface area contributed by atoms with Gasteiger partial charge in [0, 0.05) is 11.1 Å². The van der Waals surface area contributed by atoms with E-state index in [0.717, 1.165) is 16.7 Å². The van der Waals surface area contributed by atoms with E-state index in [-0.39, 0.29) is 12.5 Å². The molecule has 0 spiro atoms. The molecule has 0 bridgehead atoms. The van der Waals surface area contributed by atoms with Crippen LogP contribution in [0.4, 0.5) is 5.82 Å². The van der Waals surface area contributed by atoms with Crippen molar-refractivity contribution in [2.45, 2.75) is 20.4 Å². The highest BCUT2D eigenvalue weighted by Gasteiger charge is 2.09. The topological polar surface area (TPSA) is 56.1 Å². The van der Waals surface area contributed by atoms with Gasteiger partial charge in [0.2, 0.25) is 0 Å². The van der Waals surface area contributed by atoms with Crippen molar-refractivity contribution in [3.63, 3.8) is 0 Å². The second kappa shape index (κ2) is 8.06. The Morgan fingerprint density at radius 3 is 2.65 bits per heavy atom. The van der Waals surface area contributed by atoms with Gasteiger partial charge >= 0.3 is 0 Å². The first-order valence-corrected chi connectivity index (χ1v) is 8.65. The van der Waals surface area contributed by atoms with E-state index in [1.165, 1.54) is 0 Å². The molecule has 0 saturated carbocycles. The second-order valence-electron chi connectivity index (χ2n) is 6.11. The summed E-state index contributed by atoms with van der Waals surface area (Å²) in [4.78, 5) is 12.2. The summed E-state index contributed by atoms with van der Waals surface area (Å²) in [5.41, 5.74) is 3.20. The number of carbonyl (C=O) groups excluding carboxylic acids is 1. The number of rotatable bonds is 6. The molecule has 134 valence electrons. The third-order valence-corrected chi connectivity index (χ3v) is 4.17. The van der Waals surface area contributed by atoms with E-state index < -0.39 is 0 Å². The van der Waals surface area contributed by atoms with Gasteiger partial charge in [-0.05, 0) is 43.2 Å². The average Bonchev–Trinajstić information content (AvgIpc) is 3.03. The van der Waals surface area contributed by atoms with Gasteiger partial charge in [-0.15, -0.1) is 0 Å². The van der Waals surface area contributed by atoms with Crippen LogP contribution >= 0.6 is 11.6 Å². The highest BCUT2D eigenvalue weighted by Crippen LogP contribution is 2.19. The Balaban J connectivity index is 1.59. The van der Waals surface area contributed by atoms with Gasteiger partial charge in [0.05, 0.1) is 12.7 Å². The van der Waals surface area contributed by atoms with Crippen molar-refractivity contribution in [2.24, 2.45) is 0 Å². The number of aromatic nitrogens is 2. The maximum absolute atomic E-state index is 12.2. The molecule has 26 heavy (non-hydrogen) atoms. The van der Waals surface area contributed by atoms with Crippen molar-refractivity contribution >= 4 is 23.3 Å². The van der Waals surface area contributed by atoms with Gasteiger partial charge in [-0.1, -0.05) is 41.4 Å². The number of nitrogens with one attached hydrogen (secondary N) is 1. The Morgan fingerprint density at radius 1 is 1.15 bits per heavy atom. The largest absolute Gasteiger partial charge is 0.483 e. The predicted molar refractivity (Wildman–Crippen MR) is 103 cm³/mol. The zero-order valence-electron chi connectivity index (χ0n) is 14.7. The number of halogens is 1. The highest BCUT2D eigenvalue weighted by molar-refractivity contribution is 6.30. The molecule has 2 aromatic carbocycles. The molecule has 1 heterocycles. The van der Waals surface area contributed by atoms with Gasteiger partial charge in [0.25, 0.3) is 5.91 Å². The summed E-state index contributed by atoms with van der Waals surface area (Å²) in [6, 6.07) is 15.1. The van der Waals surface area contributed by atoms with Crippen LogP contribution in [0, 0.1) is 13.8 Å². The fourth-order valence-corrected chi connectivity index (χ4v) is 2.74. The Hall–Kier alpha value is -2.79. The number of amides is 1. The Labute approximate surface area is 157 Å². The summed E-state index contributed by atoms with van der Waals surface area (Å²) < 4.78 is 7.34. The van der Waals surface area contributed by atoms with Crippen molar-refractivity contribution in [3.05, 3.63) is 76.4 Å². The Morgan fingerprint density at radius 2 is 1.92 bits per heavy atom. The lowest BCUT2D eigenvalue weighted by molar-refractivity contribution is -0.118. The fraction of sp³-hybridized carbons (Fsp3) is 0.200. The van der Waals surface area contributed by atoms with E-state index in [9.17, 15) is 4.79 Å². The van der Waals surface area contributed by atoms with Gasteiger partial charge in [-0.25, -0.2) is 4.68 Å². The van der Waals surface area contributed by atoms with E-state index in [2.05, 4.69) is 10.4 Å². The summed E-state index contributed by atoms with van der Waals surface area (Å²) in [7, 11) is 0. The summed E-state index contributed by atoms with van der Waals surface area (Å²) in [5.74, 6) is 1.09. The molecule has 5 nitrogen and oxygen atoms in total. The number of hydrogen-bond acceptors (Lipinski definition) is 3. The van der Waals surface area contributed by atoms with E-state index in [1.54, 1.807) is 16.9 Å². The third-order valence-electron chi connectivity index (χ3n) is 3.92. The fourth-order valence-electron chi connectivity index (χ4n) is 2.61. The van der Waals surface area contributed by atoms with Gasteiger partial charge in [0.15, 0.2) is 6.61 Å². The summed E-state index contributed by atoms with van der Waals surface area (Å²) in [6.07, 6.45) is 1.65. The molecule has 0 atom stereocenters. The van der Waals surface area contributed by atoms with Gasteiger partial charge in [-0.2, -0.15) is 5.10 Å². The molecule has 1 N–H and O–H groups in total. The number of anilines is 1. The minimum atomic E-state index is -0.233. The lowest BCUT2D eigenvalue weighted by atomic mass is 10.1. The zero-order valence-corrected chi connectivity index (χ0v) is 15.5. The van der Waals surface area contributed by atoms with Gasteiger partial charge in [0.1, 0.15) is 11.6 Å². The molecule has 1 aromatic heterocycles. The van der Waals surface area contributed by atoms with E-state index >= 15 is 0 Å². The van der Waals surface area contributed by atoms with E-state index in [0.29, 0.717) is 23.1 Å². The SMILES string of the molecule is Cc1ccc(OCC(=O)Nc2ccnn2Cc2ccc(Cl)cc2)c(C)c1. The van der Waals surface area contributed by atoms with Crippen molar-refractivity contribution in [1.82, 2.24) is 9.78 Å². The van der Waals surface area contributed by atoms with Crippen LogP contribution in [0.3, 0.4) is 0 Å². The number of hydrogen-bond donors (Lipinski definition) is 1.